The zero-order valence-corrected chi connectivity index (χ0v) is 11.4. The number of carbonyl (C=O) groups is 2. The summed E-state index contributed by atoms with van der Waals surface area (Å²) in [5, 5.41) is 11.7. The average Bonchev–Trinajstić information content (AvgIpc) is 2.79. The Kier molecular flexibility index (Phi) is 4.92. The van der Waals surface area contributed by atoms with Crippen LogP contribution >= 0.6 is 0 Å². The number of carboxylic acid groups (broad SMARTS) is 1. The van der Waals surface area contributed by atoms with Gasteiger partial charge in [0, 0.05) is 12.6 Å². The molecule has 0 saturated heterocycles. The van der Waals surface area contributed by atoms with Gasteiger partial charge in [0.05, 0.1) is 5.41 Å². The maximum absolute atomic E-state index is 11.6. The van der Waals surface area contributed by atoms with Gasteiger partial charge < -0.3 is 14.8 Å². The number of aliphatic carboxylic acids is 1. The third-order valence-corrected chi connectivity index (χ3v) is 3.11. The second-order valence-electron chi connectivity index (χ2n) is 4.72. The number of hydrogen-bond donors (Lipinski definition) is 2. The van der Waals surface area contributed by atoms with Gasteiger partial charge in [-0.2, -0.15) is 0 Å². The number of rotatable bonds is 6. The highest BCUT2D eigenvalue weighted by atomic mass is 16.4. The van der Waals surface area contributed by atoms with Crippen LogP contribution in [0.1, 0.15) is 31.8 Å². The molecule has 0 aromatic carbocycles. The number of aryl methyl sites for hydroxylation is 1. The smallest absolute Gasteiger partial charge is 0.311 e. The van der Waals surface area contributed by atoms with Gasteiger partial charge in [0.15, 0.2) is 0 Å². The maximum Gasteiger partial charge on any atom is 0.311 e. The van der Waals surface area contributed by atoms with Crippen LogP contribution in [0.2, 0.25) is 0 Å². The van der Waals surface area contributed by atoms with Crippen molar-refractivity contribution in [2.75, 3.05) is 6.54 Å². The van der Waals surface area contributed by atoms with E-state index < -0.39 is 11.4 Å². The molecule has 5 heteroatoms. The fourth-order valence-corrected chi connectivity index (χ4v) is 1.39. The molecule has 1 aromatic rings. The van der Waals surface area contributed by atoms with Crippen LogP contribution in [0.15, 0.2) is 22.6 Å². The van der Waals surface area contributed by atoms with Gasteiger partial charge in [0.1, 0.15) is 11.5 Å². The number of carboxylic acids is 1. The van der Waals surface area contributed by atoms with Crippen LogP contribution in [0.4, 0.5) is 0 Å². The van der Waals surface area contributed by atoms with Crippen LogP contribution in [-0.4, -0.2) is 23.5 Å². The third kappa shape index (κ3) is 4.28. The van der Waals surface area contributed by atoms with E-state index in [0.29, 0.717) is 12.2 Å². The Balaban J connectivity index is 2.52. The molecule has 1 rings (SSSR count). The summed E-state index contributed by atoms with van der Waals surface area (Å²) >= 11 is 0. The van der Waals surface area contributed by atoms with Gasteiger partial charge in [0.2, 0.25) is 5.91 Å². The Labute approximate surface area is 112 Å². The van der Waals surface area contributed by atoms with E-state index in [-0.39, 0.29) is 12.5 Å². The lowest BCUT2D eigenvalue weighted by Gasteiger charge is -2.22. The minimum atomic E-state index is -0.940. The van der Waals surface area contributed by atoms with Crippen LogP contribution in [0.3, 0.4) is 0 Å². The lowest BCUT2D eigenvalue weighted by Crippen LogP contribution is -2.40. The molecule has 0 saturated carbocycles. The van der Waals surface area contributed by atoms with Crippen molar-refractivity contribution in [1.82, 2.24) is 5.32 Å². The van der Waals surface area contributed by atoms with Gasteiger partial charge in [-0.15, -0.1) is 0 Å². The van der Waals surface area contributed by atoms with Crippen molar-refractivity contribution < 1.29 is 19.1 Å². The molecule has 104 valence electrons. The normalized spacial score (nSPS) is 14.3. The first-order valence-electron chi connectivity index (χ1n) is 6.13. The Hall–Kier alpha value is -2.04. The third-order valence-electron chi connectivity index (χ3n) is 3.11. The molecule has 1 heterocycles. The molecule has 0 spiro atoms. The van der Waals surface area contributed by atoms with E-state index in [9.17, 15) is 9.59 Å². The first-order chi connectivity index (χ1) is 8.87. The fourth-order valence-electron chi connectivity index (χ4n) is 1.39. The number of furan rings is 1. The largest absolute Gasteiger partial charge is 0.481 e. The summed E-state index contributed by atoms with van der Waals surface area (Å²) in [6.45, 7) is 5.30. The summed E-state index contributed by atoms with van der Waals surface area (Å²) in [5.41, 5.74) is -0.940. The topological polar surface area (TPSA) is 79.5 Å². The molecule has 1 amide bonds. The van der Waals surface area contributed by atoms with Gasteiger partial charge in [-0.05, 0) is 38.5 Å². The SMILES string of the molecule is CCC(C)(CNC(=O)/C=C/c1ccc(C)o1)C(=O)O. The summed E-state index contributed by atoms with van der Waals surface area (Å²) in [6.07, 6.45) is 3.33. The van der Waals surface area contributed by atoms with E-state index in [4.69, 9.17) is 9.52 Å². The molecule has 1 unspecified atom stereocenters. The molecule has 1 atom stereocenters. The zero-order chi connectivity index (χ0) is 14.5. The van der Waals surface area contributed by atoms with E-state index in [1.165, 1.54) is 6.08 Å². The summed E-state index contributed by atoms with van der Waals surface area (Å²) < 4.78 is 5.28. The minimum Gasteiger partial charge on any atom is -0.481 e. The first-order valence-corrected chi connectivity index (χ1v) is 6.13. The van der Waals surface area contributed by atoms with Crippen molar-refractivity contribution in [3.8, 4) is 0 Å². The number of carbonyl (C=O) groups excluding carboxylic acids is 1. The molecule has 0 aliphatic rings. The van der Waals surface area contributed by atoms with Gasteiger partial charge >= 0.3 is 5.97 Å². The predicted molar refractivity (Wildman–Crippen MR) is 71.5 cm³/mol. The molecular formula is C14H19NO4. The Morgan fingerprint density at radius 3 is 2.63 bits per heavy atom. The Morgan fingerprint density at radius 2 is 2.16 bits per heavy atom. The highest BCUT2D eigenvalue weighted by Crippen LogP contribution is 2.19. The quantitative estimate of drug-likeness (QED) is 0.773. The molecule has 0 fully saturated rings. The molecule has 19 heavy (non-hydrogen) atoms. The number of hydrogen-bond acceptors (Lipinski definition) is 3. The van der Waals surface area contributed by atoms with Crippen LogP contribution in [0, 0.1) is 12.3 Å². The number of nitrogens with one attached hydrogen (secondary N) is 1. The van der Waals surface area contributed by atoms with E-state index in [2.05, 4.69) is 5.32 Å². The second kappa shape index (κ2) is 6.22. The van der Waals surface area contributed by atoms with Gasteiger partial charge in [-0.3, -0.25) is 9.59 Å². The molecular weight excluding hydrogens is 246 g/mol. The Bertz CT molecular complexity index is 489. The van der Waals surface area contributed by atoms with Gasteiger partial charge in [0.25, 0.3) is 0 Å². The lowest BCUT2D eigenvalue weighted by molar-refractivity contribution is -0.148. The maximum atomic E-state index is 11.6. The molecule has 0 aliphatic heterocycles. The van der Waals surface area contributed by atoms with Crippen molar-refractivity contribution >= 4 is 18.0 Å². The molecule has 5 nitrogen and oxygen atoms in total. The molecule has 1 aromatic heterocycles. The standard InChI is InChI=1S/C14H19NO4/c1-4-14(3,13(17)18)9-15-12(16)8-7-11-6-5-10(2)19-11/h5-8H,4,9H2,1-3H3,(H,15,16)(H,17,18)/b8-7+. The van der Waals surface area contributed by atoms with E-state index >= 15 is 0 Å². The monoisotopic (exact) mass is 265 g/mol. The van der Waals surface area contributed by atoms with E-state index in [0.717, 1.165) is 5.76 Å². The van der Waals surface area contributed by atoms with Crippen LogP contribution in [0.25, 0.3) is 6.08 Å². The van der Waals surface area contributed by atoms with E-state index in [1.807, 2.05) is 6.92 Å². The predicted octanol–water partition coefficient (Wildman–Crippen LogP) is 2.22. The molecule has 0 bridgehead atoms. The zero-order valence-electron chi connectivity index (χ0n) is 11.4. The van der Waals surface area contributed by atoms with Crippen molar-refractivity contribution in [3.05, 3.63) is 29.7 Å². The summed E-state index contributed by atoms with van der Waals surface area (Å²) in [5.74, 6) is 0.101. The fraction of sp³-hybridized carbons (Fsp3) is 0.429. The van der Waals surface area contributed by atoms with Crippen molar-refractivity contribution in [1.29, 1.82) is 0 Å². The van der Waals surface area contributed by atoms with Gasteiger partial charge in [-0.25, -0.2) is 0 Å². The molecule has 0 radical (unpaired) electrons. The summed E-state index contributed by atoms with van der Waals surface area (Å²) in [6, 6.07) is 3.56. The van der Waals surface area contributed by atoms with Crippen molar-refractivity contribution in [3.63, 3.8) is 0 Å². The number of amides is 1. The summed E-state index contributed by atoms with van der Waals surface area (Å²) in [4.78, 5) is 22.6. The van der Waals surface area contributed by atoms with E-state index in [1.54, 1.807) is 32.1 Å². The van der Waals surface area contributed by atoms with Crippen LogP contribution in [-0.2, 0) is 9.59 Å². The van der Waals surface area contributed by atoms with Crippen molar-refractivity contribution in [2.45, 2.75) is 27.2 Å². The second-order valence-corrected chi connectivity index (χ2v) is 4.72. The highest BCUT2D eigenvalue weighted by molar-refractivity contribution is 5.91. The van der Waals surface area contributed by atoms with Gasteiger partial charge in [-0.1, -0.05) is 6.92 Å². The molecule has 2 N–H and O–H groups in total. The molecule has 0 aliphatic carbocycles. The summed E-state index contributed by atoms with van der Waals surface area (Å²) in [7, 11) is 0. The minimum absolute atomic E-state index is 0.0964. The average molecular weight is 265 g/mol. The Morgan fingerprint density at radius 1 is 1.47 bits per heavy atom. The lowest BCUT2D eigenvalue weighted by atomic mass is 9.88. The van der Waals surface area contributed by atoms with Crippen LogP contribution < -0.4 is 5.32 Å². The van der Waals surface area contributed by atoms with Crippen LogP contribution in [0.5, 0.6) is 0 Å². The van der Waals surface area contributed by atoms with Crippen molar-refractivity contribution in [2.24, 2.45) is 5.41 Å². The highest BCUT2D eigenvalue weighted by Gasteiger charge is 2.31. The first kappa shape index (κ1) is 15.0.